The summed E-state index contributed by atoms with van der Waals surface area (Å²) in [5, 5.41) is 12.4. The summed E-state index contributed by atoms with van der Waals surface area (Å²) in [6, 6.07) is 3.88. The smallest absolute Gasteiger partial charge is 0.339 e. The van der Waals surface area contributed by atoms with Crippen LogP contribution in [0.25, 0.3) is 0 Å². The van der Waals surface area contributed by atoms with Crippen LogP contribution in [0, 0.1) is 0 Å². The molecule has 17 heavy (non-hydrogen) atoms. The molecule has 0 unspecified atom stereocenters. The van der Waals surface area contributed by atoms with Gasteiger partial charge in [0.15, 0.2) is 0 Å². The minimum absolute atomic E-state index is 0.151. The van der Waals surface area contributed by atoms with Crippen molar-refractivity contribution in [1.82, 2.24) is 10.3 Å². The van der Waals surface area contributed by atoms with Crippen LogP contribution >= 0.6 is 0 Å². The third-order valence-corrected chi connectivity index (χ3v) is 2.93. The van der Waals surface area contributed by atoms with Gasteiger partial charge < -0.3 is 15.2 Å². The van der Waals surface area contributed by atoms with Crippen molar-refractivity contribution in [3.63, 3.8) is 0 Å². The van der Waals surface area contributed by atoms with E-state index >= 15 is 0 Å². The van der Waals surface area contributed by atoms with Crippen LogP contribution in [0.5, 0.6) is 0 Å². The fourth-order valence-corrected chi connectivity index (χ4v) is 1.77. The van der Waals surface area contributed by atoms with E-state index in [4.69, 9.17) is 5.11 Å². The van der Waals surface area contributed by atoms with Gasteiger partial charge in [-0.2, -0.15) is 0 Å². The highest BCUT2D eigenvalue weighted by Gasteiger charge is 2.26. The topological polar surface area (TPSA) is 71.5 Å². The Kier molecular flexibility index (Phi) is 3.71. The van der Waals surface area contributed by atoms with E-state index in [0.29, 0.717) is 18.2 Å². The van der Waals surface area contributed by atoms with Gasteiger partial charge in [0.2, 0.25) is 0 Å². The van der Waals surface area contributed by atoms with Gasteiger partial charge >= 0.3 is 5.97 Å². The van der Waals surface area contributed by atoms with Crippen LogP contribution in [0.3, 0.4) is 0 Å². The number of hydrogen-bond donors (Lipinski definition) is 2. The largest absolute Gasteiger partial charge is 0.465 e. The molecule has 0 amide bonds. The predicted octanol–water partition coefficient (Wildman–Crippen LogP) is 0.481. The molecular weight excluding hydrogens is 220 g/mol. The number of nitrogens with one attached hydrogen (secondary N) is 1. The van der Waals surface area contributed by atoms with Crippen molar-refractivity contribution < 1.29 is 14.6 Å². The van der Waals surface area contributed by atoms with Gasteiger partial charge in [0.05, 0.1) is 24.5 Å². The van der Waals surface area contributed by atoms with Gasteiger partial charge in [0.25, 0.3) is 0 Å². The second kappa shape index (κ2) is 5.25. The Bertz CT molecular complexity index is 385. The fourth-order valence-electron chi connectivity index (χ4n) is 1.77. The first-order valence-corrected chi connectivity index (χ1v) is 5.63. The van der Waals surface area contributed by atoms with E-state index in [1.807, 2.05) is 0 Å². The van der Waals surface area contributed by atoms with E-state index in [0.717, 1.165) is 18.5 Å². The normalized spacial score (nSPS) is 22.9. The molecule has 0 aliphatic heterocycles. The third-order valence-electron chi connectivity index (χ3n) is 2.93. The first-order valence-electron chi connectivity index (χ1n) is 5.63. The van der Waals surface area contributed by atoms with Gasteiger partial charge in [0, 0.05) is 18.8 Å². The molecule has 1 heterocycles. The maximum atomic E-state index is 11.2. The number of aromatic nitrogens is 1. The summed E-state index contributed by atoms with van der Waals surface area (Å²) >= 11 is 0. The molecule has 1 aromatic heterocycles. The minimum atomic E-state index is -0.376. The van der Waals surface area contributed by atoms with Gasteiger partial charge in [0.1, 0.15) is 0 Å². The van der Waals surface area contributed by atoms with E-state index in [1.165, 1.54) is 13.3 Å². The predicted molar refractivity (Wildman–Crippen MR) is 61.4 cm³/mol. The standard InChI is InChI=1S/C12H16N2O3/c1-17-12(16)8-2-3-9(13-6-8)7-14-10-4-11(15)5-10/h2-3,6,10-11,14-15H,4-5,7H2,1H3. The lowest BCUT2D eigenvalue weighted by Crippen LogP contribution is -2.43. The molecule has 1 aromatic rings. The van der Waals surface area contributed by atoms with E-state index < -0.39 is 0 Å². The van der Waals surface area contributed by atoms with Crippen LogP contribution < -0.4 is 5.32 Å². The maximum Gasteiger partial charge on any atom is 0.339 e. The number of methoxy groups -OCH3 is 1. The number of esters is 1. The summed E-state index contributed by atoms with van der Waals surface area (Å²) in [5.41, 5.74) is 1.33. The van der Waals surface area contributed by atoms with Crippen LogP contribution in [-0.2, 0) is 11.3 Å². The lowest BCUT2D eigenvalue weighted by Gasteiger charge is -2.32. The Morgan fingerprint density at radius 2 is 2.35 bits per heavy atom. The molecule has 0 atom stereocenters. The molecule has 0 radical (unpaired) electrons. The third kappa shape index (κ3) is 3.01. The molecule has 0 spiro atoms. The van der Waals surface area contributed by atoms with Crippen LogP contribution in [0.4, 0.5) is 0 Å². The van der Waals surface area contributed by atoms with Crippen molar-refractivity contribution in [3.05, 3.63) is 29.6 Å². The Morgan fingerprint density at radius 3 is 2.88 bits per heavy atom. The average molecular weight is 236 g/mol. The van der Waals surface area contributed by atoms with Gasteiger partial charge in [-0.05, 0) is 25.0 Å². The monoisotopic (exact) mass is 236 g/mol. The van der Waals surface area contributed by atoms with Crippen molar-refractivity contribution in [3.8, 4) is 0 Å². The molecule has 1 aliphatic rings. The zero-order valence-electron chi connectivity index (χ0n) is 9.72. The number of carbonyl (C=O) groups is 1. The SMILES string of the molecule is COC(=O)c1ccc(CNC2CC(O)C2)nc1. The van der Waals surface area contributed by atoms with Gasteiger partial charge in [-0.25, -0.2) is 4.79 Å². The van der Waals surface area contributed by atoms with Gasteiger partial charge in [-0.1, -0.05) is 0 Å². The molecule has 5 heteroatoms. The lowest BCUT2D eigenvalue weighted by molar-refractivity contribution is 0.0596. The number of rotatable bonds is 4. The minimum Gasteiger partial charge on any atom is -0.465 e. The van der Waals surface area contributed by atoms with Gasteiger partial charge in [-0.3, -0.25) is 4.98 Å². The second-order valence-electron chi connectivity index (χ2n) is 4.23. The average Bonchev–Trinajstić information content (AvgIpc) is 2.33. The number of pyridine rings is 1. The van der Waals surface area contributed by atoms with Crippen LogP contribution in [0.2, 0.25) is 0 Å². The number of nitrogens with zero attached hydrogens (tertiary/aromatic N) is 1. The molecular formula is C12H16N2O3. The summed E-state index contributed by atoms with van der Waals surface area (Å²) in [6.45, 7) is 0.652. The molecule has 1 aliphatic carbocycles. The first-order chi connectivity index (χ1) is 8.19. The van der Waals surface area contributed by atoms with Crippen molar-refractivity contribution in [2.45, 2.75) is 31.5 Å². The Morgan fingerprint density at radius 1 is 1.59 bits per heavy atom. The Balaban J connectivity index is 1.83. The van der Waals surface area contributed by atoms with E-state index in [9.17, 15) is 4.79 Å². The molecule has 92 valence electrons. The number of aliphatic hydroxyl groups is 1. The maximum absolute atomic E-state index is 11.2. The molecule has 5 nitrogen and oxygen atoms in total. The summed E-state index contributed by atoms with van der Waals surface area (Å²) in [4.78, 5) is 15.3. The summed E-state index contributed by atoms with van der Waals surface area (Å²) < 4.78 is 4.59. The lowest BCUT2D eigenvalue weighted by atomic mass is 9.89. The van der Waals surface area contributed by atoms with Crippen molar-refractivity contribution >= 4 is 5.97 Å². The zero-order valence-corrected chi connectivity index (χ0v) is 9.72. The molecule has 2 N–H and O–H groups in total. The van der Waals surface area contributed by atoms with Crippen LogP contribution in [0.1, 0.15) is 28.9 Å². The van der Waals surface area contributed by atoms with Crippen molar-refractivity contribution in [1.29, 1.82) is 0 Å². The number of hydrogen-bond acceptors (Lipinski definition) is 5. The summed E-state index contributed by atoms with van der Waals surface area (Å²) in [7, 11) is 1.35. The summed E-state index contributed by atoms with van der Waals surface area (Å²) in [5.74, 6) is -0.376. The number of ether oxygens (including phenoxy) is 1. The van der Waals surface area contributed by atoms with Gasteiger partial charge in [-0.15, -0.1) is 0 Å². The van der Waals surface area contributed by atoms with Crippen molar-refractivity contribution in [2.24, 2.45) is 0 Å². The Hall–Kier alpha value is -1.46. The van der Waals surface area contributed by atoms with Crippen LogP contribution in [0.15, 0.2) is 18.3 Å². The molecule has 0 aromatic carbocycles. The quantitative estimate of drug-likeness (QED) is 0.744. The highest BCUT2D eigenvalue weighted by atomic mass is 16.5. The zero-order chi connectivity index (χ0) is 12.3. The molecule has 0 saturated heterocycles. The highest BCUT2D eigenvalue weighted by molar-refractivity contribution is 5.88. The molecule has 1 saturated carbocycles. The van der Waals surface area contributed by atoms with E-state index in [1.54, 1.807) is 12.1 Å². The van der Waals surface area contributed by atoms with Crippen LogP contribution in [-0.4, -0.2) is 35.3 Å². The van der Waals surface area contributed by atoms with Crippen molar-refractivity contribution in [2.75, 3.05) is 7.11 Å². The summed E-state index contributed by atoms with van der Waals surface area (Å²) in [6.07, 6.45) is 2.97. The molecule has 0 bridgehead atoms. The van der Waals surface area contributed by atoms with E-state index in [-0.39, 0.29) is 12.1 Å². The molecule has 2 rings (SSSR count). The first kappa shape index (κ1) is 12.0. The fraction of sp³-hybridized carbons (Fsp3) is 0.500. The molecule has 1 fully saturated rings. The number of aliphatic hydroxyl groups excluding tert-OH is 1. The highest BCUT2D eigenvalue weighted by Crippen LogP contribution is 2.19. The van der Waals surface area contributed by atoms with E-state index in [2.05, 4.69) is 15.0 Å². The second-order valence-corrected chi connectivity index (χ2v) is 4.23. The Labute approximate surface area is 99.8 Å². The number of carbonyl (C=O) groups excluding carboxylic acids is 1.